The highest BCUT2D eigenvalue weighted by molar-refractivity contribution is 7.85. The molecular weight excluding hydrogens is 230 g/mol. The van der Waals surface area contributed by atoms with Gasteiger partial charge in [-0.15, -0.1) is 0 Å². The van der Waals surface area contributed by atoms with Gasteiger partial charge in [0.1, 0.15) is 0 Å². The Morgan fingerprint density at radius 3 is 2.12 bits per heavy atom. The molecule has 5 nitrogen and oxygen atoms in total. The molecule has 0 saturated carbocycles. The SMILES string of the molecule is CS(=O)(=O)O.NC(=O)CCc1ccccc1. The number of rotatable bonds is 3. The van der Waals surface area contributed by atoms with Gasteiger partial charge < -0.3 is 5.73 Å². The van der Waals surface area contributed by atoms with E-state index in [2.05, 4.69) is 0 Å². The summed E-state index contributed by atoms with van der Waals surface area (Å²) >= 11 is 0. The molecule has 0 aliphatic rings. The molecule has 1 aromatic carbocycles. The number of hydrogen-bond donors (Lipinski definition) is 2. The molecule has 0 spiro atoms. The molecule has 3 N–H and O–H groups in total. The van der Waals surface area contributed by atoms with Gasteiger partial charge in [0.25, 0.3) is 10.1 Å². The number of hydrogen-bond acceptors (Lipinski definition) is 3. The van der Waals surface area contributed by atoms with Gasteiger partial charge in [0.05, 0.1) is 6.26 Å². The zero-order valence-corrected chi connectivity index (χ0v) is 9.78. The van der Waals surface area contributed by atoms with Crippen LogP contribution in [0.1, 0.15) is 12.0 Å². The van der Waals surface area contributed by atoms with Crippen molar-refractivity contribution in [3.63, 3.8) is 0 Å². The maximum absolute atomic E-state index is 10.4. The molecule has 1 rings (SSSR count). The van der Waals surface area contributed by atoms with E-state index in [1.165, 1.54) is 0 Å². The summed E-state index contributed by atoms with van der Waals surface area (Å²) in [7, 11) is -3.67. The topological polar surface area (TPSA) is 97.5 Å². The monoisotopic (exact) mass is 245 g/mol. The Balaban J connectivity index is 0.000000385. The lowest BCUT2D eigenvalue weighted by atomic mass is 10.1. The van der Waals surface area contributed by atoms with E-state index in [4.69, 9.17) is 10.3 Å². The first-order chi connectivity index (χ1) is 7.29. The molecule has 0 fully saturated rings. The Bertz CT molecular complexity index is 406. The quantitative estimate of drug-likeness (QED) is 0.762. The van der Waals surface area contributed by atoms with E-state index >= 15 is 0 Å². The number of nitrogens with two attached hydrogens (primary N) is 1. The molecule has 16 heavy (non-hydrogen) atoms. The van der Waals surface area contributed by atoms with E-state index in [-0.39, 0.29) is 5.91 Å². The highest BCUT2D eigenvalue weighted by atomic mass is 32.2. The van der Waals surface area contributed by atoms with Crippen molar-refractivity contribution in [1.82, 2.24) is 0 Å². The normalized spacial score (nSPS) is 10.1. The molecule has 0 heterocycles. The van der Waals surface area contributed by atoms with Crippen molar-refractivity contribution in [3.05, 3.63) is 35.9 Å². The van der Waals surface area contributed by atoms with Crippen molar-refractivity contribution in [2.75, 3.05) is 6.26 Å². The molecule has 0 saturated heterocycles. The molecule has 0 radical (unpaired) electrons. The van der Waals surface area contributed by atoms with Crippen LogP contribution in [-0.4, -0.2) is 25.1 Å². The average Bonchev–Trinajstić information content (AvgIpc) is 2.14. The third-order valence-electron chi connectivity index (χ3n) is 1.50. The summed E-state index contributed by atoms with van der Waals surface area (Å²) in [5.74, 6) is -0.242. The number of aryl methyl sites for hydroxylation is 1. The number of carbonyl (C=O) groups is 1. The highest BCUT2D eigenvalue weighted by Crippen LogP contribution is 2.00. The molecule has 0 aliphatic heterocycles. The van der Waals surface area contributed by atoms with Crippen LogP contribution in [0.25, 0.3) is 0 Å². The average molecular weight is 245 g/mol. The van der Waals surface area contributed by atoms with Crippen molar-refractivity contribution in [1.29, 1.82) is 0 Å². The second-order valence-electron chi connectivity index (χ2n) is 3.18. The Morgan fingerprint density at radius 2 is 1.75 bits per heavy atom. The molecular formula is C10H15NO4S. The van der Waals surface area contributed by atoms with Gasteiger partial charge in [-0.1, -0.05) is 30.3 Å². The van der Waals surface area contributed by atoms with Gasteiger partial charge in [0.15, 0.2) is 0 Å². The van der Waals surface area contributed by atoms with Gasteiger partial charge in [0.2, 0.25) is 5.91 Å². The molecule has 6 heteroatoms. The van der Waals surface area contributed by atoms with Crippen molar-refractivity contribution in [3.8, 4) is 0 Å². The minimum absolute atomic E-state index is 0.242. The first-order valence-electron chi connectivity index (χ1n) is 4.53. The molecule has 0 aliphatic carbocycles. The summed E-state index contributed by atoms with van der Waals surface area (Å²) in [5, 5.41) is 0. The molecule has 0 atom stereocenters. The number of carbonyl (C=O) groups excluding carboxylic acids is 1. The fourth-order valence-electron chi connectivity index (χ4n) is 0.912. The van der Waals surface area contributed by atoms with Crippen LogP contribution in [0.5, 0.6) is 0 Å². The van der Waals surface area contributed by atoms with Crippen LogP contribution in [0, 0.1) is 0 Å². The predicted molar refractivity (Wildman–Crippen MR) is 61.4 cm³/mol. The van der Waals surface area contributed by atoms with Gasteiger partial charge in [-0.3, -0.25) is 9.35 Å². The number of benzene rings is 1. The molecule has 0 unspecified atom stereocenters. The van der Waals surface area contributed by atoms with Gasteiger partial charge in [-0.2, -0.15) is 8.42 Å². The Morgan fingerprint density at radius 1 is 1.31 bits per heavy atom. The second kappa shape index (κ2) is 6.97. The fraction of sp³-hybridized carbons (Fsp3) is 0.300. The lowest BCUT2D eigenvalue weighted by Gasteiger charge is -1.96. The molecule has 90 valence electrons. The van der Waals surface area contributed by atoms with Crippen molar-refractivity contribution >= 4 is 16.0 Å². The smallest absolute Gasteiger partial charge is 0.261 e. The predicted octanol–water partition coefficient (Wildman–Crippen LogP) is 0.609. The largest absolute Gasteiger partial charge is 0.370 e. The lowest BCUT2D eigenvalue weighted by Crippen LogP contribution is -2.10. The maximum Gasteiger partial charge on any atom is 0.261 e. The summed E-state index contributed by atoms with van der Waals surface area (Å²) in [6.07, 6.45) is 1.90. The molecule has 1 aromatic rings. The second-order valence-corrected chi connectivity index (χ2v) is 4.65. The lowest BCUT2D eigenvalue weighted by molar-refractivity contribution is -0.117. The minimum atomic E-state index is -3.67. The van der Waals surface area contributed by atoms with E-state index in [0.29, 0.717) is 12.7 Å². The first-order valence-corrected chi connectivity index (χ1v) is 6.38. The van der Waals surface area contributed by atoms with Crippen LogP contribution < -0.4 is 5.73 Å². The minimum Gasteiger partial charge on any atom is -0.370 e. The zero-order chi connectivity index (χ0) is 12.6. The standard InChI is InChI=1S/C9H11NO.CH4O3S/c10-9(11)7-6-8-4-2-1-3-5-8;1-5(2,3)4/h1-5H,6-7H2,(H2,10,11);1H3,(H,2,3,4). The highest BCUT2D eigenvalue weighted by Gasteiger charge is 1.94. The summed E-state index contributed by atoms with van der Waals surface area (Å²) in [6.45, 7) is 0. The maximum atomic E-state index is 10.4. The Labute approximate surface area is 95.0 Å². The fourth-order valence-corrected chi connectivity index (χ4v) is 0.912. The Hall–Kier alpha value is -1.40. The van der Waals surface area contributed by atoms with Crippen LogP contribution in [0.4, 0.5) is 0 Å². The summed E-state index contributed by atoms with van der Waals surface area (Å²) < 4.78 is 25.9. The van der Waals surface area contributed by atoms with Gasteiger partial charge in [0, 0.05) is 6.42 Å². The van der Waals surface area contributed by atoms with Crippen LogP contribution in [0.3, 0.4) is 0 Å². The third kappa shape index (κ3) is 12.6. The number of amides is 1. The number of primary amides is 1. The van der Waals surface area contributed by atoms with Crippen LogP contribution >= 0.6 is 0 Å². The van der Waals surface area contributed by atoms with Crippen LogP contribution in [0.2, 0.25) is 0 Å². The van der Waals surface area contributed by atoms with Crippen molar-refractivity contribution in [2.45, 2.75) is 12.8 Å². The van der Waals surface area contributed by atoms with Crippen molar-refractivity contribution in [2.24, 2.45) is 5.73 Å². The molecule has 0 aromatic heterocycles. The van der Waals surface area contributed by atoms with Crippen LogP contribution in [-0.2, 0) is 21.3 Å². The van der Waals surface area contributed by atoms with E-state index in [1.54, 1.807) is 0 Å². The summed E-state index contributed by atoms with van der Waals surface area (Å²) in [6, 6.07) is 9.84. The summed E-state index contributed by atoms with van der Waals surface area (Å²) in [4.78, 5) is 10.4. The third-order valence-corrected chi connectivity index (χ3v) is 1.50. The van der Waals surface area contributed by atoms with Gasteiger partial charge in [-0.05, 0) is 12.0 Å². The molecule has 1 amide bonds. The zero-order valence-electron chi connectivity index (χ0n) is 8.96. The van der Waals surface area contributed by atoms with Gasteiger partial charge in [-0.25, -0.2) is 0 Å². The van der Waals surface area contributed by atoms with Gasteiger partial charge >= 0.3 is 0 Å². The van der Waals surface area contributed by atoms with E-state index in [1.807, 2.05) is 30.3 Å². The van der Waals surface area contributed by atoms with E-state index in [9.17, 15) is 13.2 Å². The van der Waals surface area contributed by atoms with Crippen LogP contribution in [0.15, 0.2) is 30.3 Å². The summed E-state index contributed by atoms with van der Waals surface area (Å²) in [5.41, 5.74) is 6.16. The van der Waals surface area contributed by atoms with E-state index < -0.39 is 10.1 Å². The van der Waals surface area contributed by atoms with E-state index in [0.717, 1.165) is 12.0 Å². The van der Waals surface area contributed by atoms with Crippen molar-refractivity contribution < 1.29 is 17.8 Å². The Kier molecular flexibility index (Phi) is 6.36. The molecule has 0 bridgehead atoms. The first kappa shape index (κ1) is 14.6.